The lowest BCUT2D eigenvalue weighted by molar-refractivity contribution is 0.0741. The summed E-state index contributed by atoms with van der Waals surface area (Å²) in [4.78, 5) is 13.3. The second-order valence-corrected chi connectivity index (χ2v) is 3.46. The number of benzene rings is 1. The van der Waals surface area contributed by atoms with E-state index in [1.54, 1.807) is 26.3 Å². The Kier molecular flexibility index (Phi) is 4.13. The van der Waals surface area contributed by atoms with E-state index in [4.69, 9.17) is 10.5 Å². The Labute approximate surface area is 94.4 Å². The fourth-order valence-corrected chi connectivity index (χ4v) is 1.27. The molecule has 0 spiro atoms. The number of nitrogens with two attached hydrogens (primary N) is 1. The molecule has 1 aromatic carbocycles. The van der Waals surface area contributed by atoms with Crippen LogP contribution in [0.5, 0.6) is 5.75 Å². The summed E-state index contributed by atoms with van der Waals surface area (Å²) in [5.74, 6) is -0.446. The number of ether oxygens (including phenoxy) is 1. The standard InChI is InChI=1S/C11H16N2O3/c1-13(6-7-16-2)11(15)8-4-3-5-9(12)10(8)14/h3-5,14H,6-7,12H2,1-2H3. The molecular weight excluding hydrogens is 208 g/mol. The Morgan fingerprint density at radius 1 is 1.56 bits per heavy atom. The van der Waals surface area contributed by atoms with E-state index in [-0.39, 0.29) is 22.9 Å². The number of phenolic OH excluding ortho intramolecular Hbond substituents is 1. The third-order valence-electron chi connectivity index (χ3n) is 2.28. The molecule has 0 saturated carbocycles. The lowest BCUT2D eigenvalue weighted by Crippen LogP contribution is -2.30. The second-order valence-electron chi connectivity index (χ2n) is 3.46. The molecule has 0 unspecified atom stereocenters. The number of hydrogen-bond donors (Lipinski definition) is 2. The summed E-state index contributed by atoms with van der Waals surface area (Å²) in [7, 11) is 3.21. The highest BCUT2D eigenvalue weighted by Gasteiger charge is 2.16. The maximum atomic E-state index is 11.9. The molecule has 1 rings (SSSR count). The number of anilines is 1. The molecule has 0 saturated heterocycles. The molecule has 0 atom stereocenters. The van der Waals surface area contributed by atoms with Crippen LogP contribution in [0.3, 0.4) is 0 Å². The molecule has 5 nitrogen and oxygen atoms in total. The fraction of sp³-hybridized carbons (Fsp3) is 0.364. The molecule has 3 N–H and O–H groups in total. The largest absolute Gasteiger partial charge is 0.505 e. The van der Waals surface area contributed by atoms with Crippen LogP contribution in [-0.4, -0.2) is 43.2 Å². The number of nitrogen functional groups attached to an aromatic ring is 1. The van der Waals surface area contributed by atoms with Crippen LogP contribution in [0.15, 0.2) is 18.2 Å². The van der Waals surface area contributed by atoms with Crippen molar-refractivity contribution < 1.29 is 14.6 Å². The summed E-state index contributed by atoms with van der Waals surface area (Å²) >= 11 is 0. The smallest absolute Gasteiger partial charge is 0.257 e. The van der Waals surface area contributed by atoms with Gasteiger partial charge in [0, 0.05) is 20.7 Å². The van der Waals surface area contributed by atoms with E-state index >= 15 is 0 Å². The van der Waals surface area contributed by atoms with Crippen molar-refractivity contribution in [1.29, 1.82) is 0 Å². The van der Waals surface area contributed by atoms with E-state index in [2.05, 4.69) is 0 Å². The first-order valence-corrected chi connectivity index (χ1v) is 4.89. The van der Waals surface area contributed by atoms with Gasteiger partial charge in [0.25, 0.3) is 5.91 Å². The maximum Gasteiger partial charge on any atom is 0.257 e. The molecule has 1 amide bonds. The molecule has 0 fully saturated rings. The van der Waals surface area contributed by atoms with Crippen LogP contribution in [-0.2, 0) is 4.74 Å². The maximum absolute atomic E-state index is 11.9. The number of nitrogens with zero attached hydrogens (tertiary/aromatic N) is 1. The van der Waals surface area contributed by atoms with E-state index in [0.29, 0.717) is 13.2 Å². The van der Waals surface area contributed by atoms with Crippen molar-refractivity contribution >= 4 is 11.6 Å². The molecular formula is C11H16N2O3. The van der Waals surface area contributed by atoms with Crippen molar-refractivity contribution in [2.24, 2.45) is 0 Å². The molecule has 0 aromatic heterocycles. The minimum atomic E-state index is -0.276. The predicted octanol–water partition coefficient (Wildman–Crippen LogP) is 0.693. The molecule has 0 aliphatic rings. The fourth-order valence-electron chi connectivity index (χ4n) is 1.27. The first kappa shape index (κ1) is 12.3. The van der Waals surface area contributed by atoms with Gasteiger partial charge >= 0.3 is 0 Å². The van der Waals surface area contributed by atoms with E-state index in [1.165, 1.54) is 11.0 Å². The van der Waals surface area contributed by atoms with Crippen molar-refractivity contribution in [3.63, 3.8) is 0 Å². The van der Waals surface area contributed by atoms with Crippen LogP contribution in [0.25, 0.3) is 0 Å². The molecule has 0 heterocycles. The van der Waals surface area contributed by atoms with Gasteiger partial charge in [-0.1, -0.05) is 6.07 Å². The molecule has 5 heteroatoms. The van der Waals surface area contributed by atoms with E-state index < -0.39 is 0 Å². The second kappa shape index (κ2) is 5.37. The Morgan fingerprint density at radius 2 is 2.25 bits per heavy atom. The summed E-state index contributed by atoms with van der Waals surface area (Å²) in [6.07, 6.45) is 0. The van der Waals surface area contributed by atoms with Gasteiger partial charge in [-0.15, -0.1) is 0 Å². The predicted molar refractivity (Wildman–Crippen MR) is 61.4 cm³/mol. The summed E-state index contributed by atoms with van der Waals surface area (Å²) in [6, 6.07) is 4.71. The zero-order chi connectivity index (χ0) is 12.1. The summed E-state index contributed by atoms with van der Waals surface area (Å²) < 4.78 is 4.87. The number of para-hydroxylation sites is 1. The molecule has 0 bridgehead atoms. The van der Waals surface area contributed by atoms with Crippen LogP contribution in [0.4, 0.5) is 5.69 Å². The zero-order valence-electron chi connectivity index (χ0n) is 9.43. The number of amides is 1. The first-order chi connectivity index (χ1) is 7.57. The highest BCUT2D eigenvalue weighted by molar-refractivity contribution is 5.98. The van der Waals surface area contributed by atoms with Gasteiger partial charge in [-0.3, -0.25) is 4.79 Å². The van der Waals surface area contributed by atoms with Crippen molar-refractivity contribution in [3.05, 3.63) is 23.8 Å². The molecule has 0 radical (unpaired) electrons. The number of phenols is 1. The minimum Gasteiger partial charge on any atom is -0.505 e. The lowest BCUT2D eigenvalue weighted by Gasteiger charge is -2.17. The highest BCUT2D eigenvalue weighted by Crippen LogP contribution is 2.25. The molecule has 16 heavy (non-hydrogen) atoms. The molecule has 0 aliphatic carbocycles. The van der Waals surface area contributed by atoms with Crippen molar-refractivity contribution in [3.8, 4) is 5.75 Å². The van der Waals surface area contributed by atoms with Gasteiger partial charge in [0.1, 0.15) is 0 Å². The number of likely N-dealkylation sites (N-methyl/N-ethyl adjacent to an activating group) is 1. The van der Waals surface area contributed by atoms with Crippen LogP contribution in [0.1, 0.15) is 10.4 Å². The number of aromatic hydroxyl groups is 1. The van der Waals surface area contributed by atoms with E-state index in [1.807, 2.05) is 0 Å². The van der Waals surface area contributed by atoms with Crippen LogP contribution < -0.4 is 5.73 Å². The van der Waals surface area contributed by atoms with Gasteiger partial charge in [0.15, 0.2) is 5.75 Å². The first-order valence-electron chi connectivity index (χ1n) is 4.89. The topological polar surface area (TPSA) is 75.8 Å². The Balaban J connectivity index is 2.84. The van der Waals surface area contributed by atoms with Crippen molar-refractivity contribution in [2.45, 2.75) is 0 Å². The lowest BCUT2D eigenvalue weighted by atomic mass is 10.1. The van der Waals surface area contributed by atoms with Crippen LogP contribution in [0.2, 0.25) is 0 Å². The monoisotopic (exact) mass is 224 g/mol. The van der Waals surface area contributed by atoms with Gasteiger partial charge < -0.3 is 20.5 Å². The van der Waals surface area contributed by atoms with Gasteiger partial charge in [0.2, 0.25) is 0 Å². The zero-order valence-corrected chi connectivity index (χ0v) is 9.43. The average Bonchev–Trinajstić information content (AvgIpc) is 2.28. The highest BCUT2D eigenvalue weighted by atomic mass is 16.5. The third-order valence-corrected chi connectivity index (χ3v) is 2.28. The van der Waals surface area contributed by atoms with E-state index in [0.717, 1.165) is 0 Å². The van der Waals surface area contributed by atoms with Gasteiger partial charge in [0.05, 0.1) is 17.9 Å². The Hall–Kier alpha value is -1.75. The van der Waals surface area contributed by atoms with E-state index in [9.17, 15) is 9.90 Å². The number of carbonyl (C=O) groups excluding carboxylic acids is 1. The SMILES string of the molecule is COCCN(C)C(=O)c1cccc(N)c1O. The molecule has 88 valence electrons. The van der Waals surface area contributed by atoms with Crippen molar-refractivity contribution in [2.75, 3.05) is 33.0 Å². The van der Waals surface area contributed by atoms with Gasteiger partial charge in [-0.05, 0) is 12.1 Å². The summed E-state index contributed by atoms with van der Waals surface area (Å²) in [6.45, 7) is 0.912. The van der Waals surface area contributed by atoms with Gasteiger partial charge in [-0.25, -0.2) is 0 Å². The normalized spacial score (nSPS) is 10.1. The van der Waals surface area contributed by atoms with Crippen LogP contribution >= 0.6 is 0 Å². The quantitative estimate of drug-likeness (QED) is 0.583. The minimum absolute atomic E-state index is 0.170. The number of methoxy groups -OCH3 is 1. The van der Waals surface area contributed by atoms with Gasteiger partial charge in [-0.2, -0.15) is 0 Å². The Bertz CT molecular complexity index is 379. The Morgan fingerprint density at radius 3 is 2.88 bits per heavy atom. The average molecular weight is 224 g/mol. The summed E-state index contributed by atoms with van der Waals surface area (Å²) in [5, 5.41) is 9.64. The number of hydrogen-bond acceptors (Lipinski definition) is 4. The van der Waals surface area contributed by atoms with Crippen LogP contribution in [0, 0.1) is 0 Å². The summed E-state index contributed by atoms with van der Waals surface area (Å²) in [5.41, 5.74) is 5.92. The number of carbonyl (C=O) groups is 1. The third kappa shape index (κ3) is 2.64. The number of rotatable bonds is 4. The molecule has 1 aromatic rings. The molecule has 0 aliphatic heterocycles. The van der Waals surface area contributed by atoms with Crippen molar-refractivity contribution in [1.82, 2.24) is 4.90 Å².